The summed E-state index contributed by atoms with van der Waals surface area (Å²) in [5.74, 6) is 3.05. The van der Waals surface area contributed by atoms with Crippen LogP contribution < -0.4 is 5.32 Å². The van der Waals surface area contributed by atoms with Crippen LogP contribution in [0.15, 0.2) is 0 Å². The molecule has 1 aliphatic heterocycles. The fourth-order valence-corrected chi connectivity index (χ4v) is 5.36. The highest BCUT2D eigenvalue weighted by atomic mass is 32.2. The Morgan fingerprint density at radius 2 is 2.11 bits per heavy atom. The monoisotopic (exact) mass is 285 g/mol. The fraction of sp³-hybridized carbons (Fsp3) is 1.00. The maximum absolute atomic E-state index is 8.76. The number of thioether (sulfide) groups is 1. The van der Waals surface area contributed by atoms with Gasteiger partial charge in [-0.25, -0.2) is 0 Å². The third kappa shape index (κ3) is 2.57. The van der Waals surface area contributed by atoms with Crippen LogP contribution in [0.5, 0.6) is 0 Å². The molecule has 110 valence electrons. The molecule has 19 heavy (non-hydrogen) atoms. The molecule has 3 rings (SSSR count). The molecule has 2 N–H and O–H groups in total. The van der Waals surface area contributed by atoms with Gasteiger partial charge in [0.05, 0.1) is 6.10 Å². The summed E-state index contributed by atoms with van der Waals surface area (Å²) in [6, 6.07) is 0.723. The van der Waals surface area contributed by atoms with Crippen molar-refractivity contribution in [1.82, 2.24) is 5.32 Å². The highest BCUT2D eigenvalue weighted by molar-refractivity contribution is 7.99. The molecule has 2 aliphatic carbocycles. The van der Waals surface area contributed by atoms with Crippen molar-refractivity contribution in [2.45, 2.75) is 50.7 Å². The Hall–Kier alpha value is 0.230. The number of rotatable bonds is 7. The first kappa shape index (κ1) is 14.2. The van der Waals surface area contributed by atoms with Gasteiger partial charge in [0, 0.05) is 42.9 Å². The maximum Gasteiger partial charge on any atom is 0.0690 e. The van der Waals surface area contributed by atoms with Gasteiger partial charge in [-0.2, -0.15) is 11.8 Å². The topological polar surface area (TPSA) is 41.5 Å². The van der Waals surface area contributed by atoms with Crippen LogP contribution >= 0.6 is 11.8 Å². The quantitative estimate of drug-likeness (QED) is 0.703. The number of hydrogen-bond acceptors (Lipinski definition) is 4. The van der Waals surface area contributed by atoms with E-state index in [1.54, 1.807) is 0 Å². The maximum atomic E-state index is 8.76. The summed E-state index contributed by atoms with van der Waals surface area (Å²) >= 11 is 1.96. The minimum absolute atomic E-state index is 0.327. The van der Waals surface area contributed by atoms with Gasteiger partial charge in [0.1, 0.15) is 0 Å². The Kier molecular flexibility index (Phi) is 4.73. The second-order valence-corrected chi connectivity index (χ2v) is 7.53. The largest absolute Gasteiger partial charge is 0.396 e. The number of fused-ring (bicyclic) bond motifs is 2. The van der Waals surface area contributed by atoms with Gasteiger partial charge in [-0.3, -0.25) is 0 Å². The van der Waals surface area contributed by atoms with Crippen LogP contribution in [0.25, 0.3) is 0 Å². The molecule has 0 aromatic rings. The Labute approximate surface area is 120 Å². The number of ether oxygens (including phenoxy) is 1. The third-order valence-corrected chi connectivity index (χ3v) is 6.41. The van der Waals surface area contributed by atoms with Crippen LogP contribution in [0.1, 0.15) is 38.5 Å². The highest BCUT2D eigenvalue weighted by Gasteiger charge is 2.64. The van der Waals surface area contributed by atoms with Crippen LogP contribution in [-0.2, 0) is 4.74 Å². The minimum Gasteiger partial charge on any atom is -0.396 e. The molecule has 1 heterocycles. The van der Waals surface area contributed by atoms with Gasteiger partial charge < -0.3 is 15.2 Å². The molecule has 1 spiro atoms. The van der Waals surface area contributed by atoms with E-state index in [2.05, 4.69) is 5.32 Å². The number of nitrogens with one attached hydrogen (secondary N) is 1. The predicted molar refractivity (Wildman–Crippen MR) is 79.6 cm³/mol. The Morgan fingerprint density at radius 3 is 2.89 bits per heavy atom. The van der Waals surface area contributed by atoms with E-state index in [0.29, 0.717) is 18.1 Å². The summed E-state index contributed by atoms with van der Waals surface area (Å²) in [4.78, 5) is 0. The van der Waals surface area contributed by atoms with Gasteiger partial charge >= 0.3 is 0 Å². The molecular formula is C15H27NO2S. The number of aliphatic hydroxyl groups is 1. The van der Waals surface area contributed by atoms with Gasteiger partial charge in [0.2, 0.25) is 0 Å². The third-order valence-electron chi connectivity index (χ3n) is 5.34. The van der Waals surface area contributed by atoms with Crippen molar-refractivity contribution in [3.8, 4) is 0 Å². The molecule has 0 aromatic carbocycles. The molecule has 3 unspecified atom stereocenters. The SMILES string of the molecule is OCCCSCCNC1C2CCOC2C12CCCC2. The second-order valence-electron chi connectivity index (χ2n) is 6.31. The van der Waals surface area contributed by atoms with E-state index in [-0.39, 0.29) is 0 Å². The summed E-state index contributed by atoms with van der Waals surface area (Å²) < 4.78 is 6.01. The van der Waals surface area contributed by atoms with E-state index in [9.17, 15) is 0 Å². The highest BCUT2D eigenvalue weighted by Crippen LogP contribution is 2.60. The molecule has 3 aliphatic rings. The average Bonchev–Trinajstić information content (AvgIpc) is 3.05. The zero-order valence-corrected chi connectivity index (χ0v) is 12.6. The lowest BCUT2D eigenvalue weighted by Gasteiger charge is -2.57. The Balaban J connectivity index is 1.44. The van der Waals surface area contributed by atoms with Gasteiger partial charge in [-0.05, 0) is 31.4 Å². The second kappa shape index (κ2) is 6.33. The summed E-state index contributed by atoms with van der Waals surface area (Å²) in [5, 5.41) is 12.6. The Bertz CT molecular complexity index is 294. The van der Waals surface area contributed by atoms with E-state index in [1.807, 2.05) is 11.8 Å². The van der Waals surface area contributed by atoms with Crippen molar-refractivity contribution in [2.75, 3.05) is 31.3 Å². The van der Waals surface area contributed by atoms with Crippen molar-refractivity contribution in [3.05, 3.63) is 0 Å². The molecule has 1 saturated heterocycles. The molecule has 3 atom stereocenters. The summed E-state index contributed by atoms with van der Waals surface area (Å²) in [7, 11) is 0. The summed E-state index contributed by atoms with van der Waals surface area (Å²) in [6.07, 6.45) is 8.33. The molecule has 0 amide bonds. The van der Waals surface area contributed by atoms with Gasteiger partial charge in [-0.1, -0.05) is 12.8 Å². The molecule has 0 aromatic heterocycles. The van der Waals surface area contributed by atoms with Crippen molar-refractivity contribution in [1.29, 1.82) is 0 Å². The van der Waals surface area contributed by atoms with Gasteiger partial charge in [-0.15, -0.1) is 0 Å². The first-order valence-corrected chi connectivity index (χ1v) is 9.07. The van der Waals surface area contributed by atoms with Crippen molar-refractivity contribution in [3.63, 3.8) is 0 Å². The van der Waals surface area contributed by atoms with Crippen molar-refractivity contribution < 1.29 is 9.84 Å². The van der Waals surface area contributed by atoms with E-state index in [4.69, 9.17) is 9.84 Å². The zero-order chi connectivity index (χ0) is 13.1. The van der Waals surface area contributed by atoms with Crippen LogP contribution in [0, 0.1) is 11.3 Å². The molecule has 2 saturated carbocycles. The zero-order valence-electron chi connectivity index (χ0n) is 11.8. The lowest BCUT2D eigenvalue weighted by Crippen LogP contribution is -2.67. The van der Waals surface area contributed by atoms with E-state index < -0.39 is 0 Å². The number of aliphatic hydroxyl groups excluding tert-OH is 1. The van der Waals surface area contributed by atoms with Gasteiger partial charge in [0.25, 0.3) is 0 Å². The standard InChI is InChI=1S/C15H27NO2S/c17-8-3-10-19-11-7-16-13-12-4-9-18-14(12)15(13)5-1-2-6-15/h12-14,16-17H,1-11H2. The van der Waals surface area contributed by atoms with Crippen LogP contribution in [0.3, 0.4) is 0 Å². The summed E-state index contributed by atoms with van der Waals surface area (Å²) in [6.45, 7) is 2.43. The molecule has 3 fully saturated rings. The van der Waals surface area contributed by atoms with E-state index in [1.165, 1.54) is 37.9 Å². The first-order valence-electron chi connectivity index (χ1n) is 7.92. The van der Waals surface area contributed by atoms with Crippen molar-refractivity contribution in [2.24, 2.45) is 11.3 Å². The lowest BCUT2D eigenvalue weighted by molar-refractivity contribution is -0.129. The van der Waals surface area contributed by atoms with E-state index in [0.717, 1.165) is 37.3 Å². The predicted octanol–water partition coefficient (Wildman–Crippen LogP) is 2.04. The molecule has 3 nitrogen and oxygen atoms in total. The molecular weight excluding hydrogens is 258 g/mol. The first-order chi connectivity index (χ1) is 9.38. The van der Waals surface area contributed by atoms with Crippen LogP contribution in [0.2, 0.25) is 0 Å². The lowest BCUT2D eigenvalue weighted by atomic mass is 9.54. The molecule has 0 radical (unpaired) electrons. The summed E-state index contributed by atoms with van der Waals surface area (Å²) in [5.41, 5.74) is 0.497. The van der Waals surface area contributed by atoms with E-state index >= 15 is 0 Å². The Morgan fingerprint density at radius 1 is 1.26 bits per heavy atom. The number of hydrogen-bond donors (Lipinski definition) is 2. The van der Waals surface area contributed by atoms with Crippen molar-refractivity contribution >= 4 is 11.8 Å². The smallest absolute Gasteiger partial charge is 0.0690 e. The fourth-order valence-electron chi connectivity index (χ4n) is 4.56. The molecule has 4 heteroatoms. The van der Waals surface area contributed by atoms with Gasteiger partial charge in [0.15, 0.2) is 0 Å². The minimum atomic E-state index is 0.327. The van der Waals surface area contributed by atoms with Crippen LogP contribution in [0.4, 0.5) is 0 Å². The molecule has 0 bridgehead atoms. The normalized spacial score (nSPS) is 35.5. The van der Waals surface area contributed by atoms with Crippen LogP contribution in [-0.4, -0.2) is 48.5 Å². The average molecular weight is 285 g/mol.